The summed E-state index contributed by atoms with van der Waals surface area (Å²) >= 11 is 0. The third kappa shape index (κ3) is 1.09. The van der Waals surface area contributed by atoms with Crippen molar-refractivity contribution >= 4 is 6.29 Å². The van der Waals surface area contributed by atoms with Gasteiger partial charge >= 0.3 is 0 Å². The number of ether oxygens (including phenoxy) is 1. The molecule has 0 aromatic heterocycles. The minimum atomic E-state index is -0.110. The quantitative estimate of drug-likeness (QED) is 0.559. The molecule has 1 heterocycles. The van der Waals surface area contributed by atoms with Gasteiger partial charge in [-0.1, -0.05) is 6.92 Å². The average Bonchev–Trinajstić information content (AvgIpc) is 2.15. The van der Waals surface area contributed by atoms with Crippen molar-refractivity contribution in [3.63, 3.8) is 0 Å². The van der Waals surface area contributed by atoms with Gasteiger partial charge in [-0.05, 0) is 38.0 Å². The summed E-state index contributed by atoms with van der Waals surface area (Å²) in [7, 11) is 0. The summed E-state index contributed by atoms with van der Waals surface area (Å²) in [6.45, 7) is 2.23. The van der Waals surface area contributed by atoms with E-state index in [1.54, 1.807) is 0 Å². The fourth-order valence-corrected chi connectivity index (χ4v) is 2.42. The maximum Gasteiger partial charge on any atom is 0.148 e. The van der Waals surface area contributed by atoms with Crippen molar-refractivity contribution in [3.8, 4) is 0 Å². The number of aldehydes is 1. The Bertz CT molecular complexity index is 190. The van der Waals surface area contributed by atoms with Crippen molar-refractivity contribution in [2.45, 2.75) is 50.7 Å². The summed E-state index contributed by atoms with van der Waals surface area (Å²) in [5.74, 6) is 0.667. The first kappa shape index (κ1) is 8.24. The standard InChI is InChI=1S/C10H16O2/c1-8-4-6-10(8)5-2-3-9(7-11)12-10/h7-9H,2-6H2,1H3. The molecule has 1 saturated heterocycles. The smallest absolute Gasteiger partial charge is 0.148 e. The molecule has 2 nitrogen and oxygen atoms in total. The van der Waals surface area contributed by atoms with Crippen LogP contribution in [0.2, 0.25) is 0 Å². The molecule has 0 aromatic rings. The molecular weight excluding hydrogens is 152 g/mol. The molecule has 1 saturated carbocycles. The van der Waals surface area contributed by atoms with E-state index < -0.39 is 0 Å². The maximum absolute atomic E-state index is 10.6. The summed E-state index contributed by atoms with van der Waals surface area (Å²) in [5.41, 5.74) is 0.101. The summed E-state index contributed by atoms with van der Waals surface area (Å²) in [5, 5.41) is 0. The van der Waals surface area contributed by atoms with Crippen LogP contribution in [0, 0.1) is 5.92 Å². The maximum atomic E-state index is 10.6. The minimum Gasteiger partial charge on any atom is -0.364 e. The second-order valence-corrected chi connectivity index (χ2v) is 4.19. The lowest BCUT2D eigenvalue weighted by Gasteiger charge is -2.51. The Hall–Kier alpha value is -0.370. The Morgan fingerprint density at radius 3 is 2.75 bits per heavy atom. The third-order valence-electron chi connectivity index (χ3n) is 3.53. The second-order valence-electron chi connectivity index (χ2n) is 4.19. The van der Waals surface area contributed by atoms with Gasteiger partial charge in [-0.3, -0.25) is 0 Å². The molecule has 2 aliphatic rings. The van der Waals surface area contributed by atoms with Crippen LogP contribution in [0.25, 0.3) is 0 Å². The van der Waals surface area contributed by atoms with Gasteiger partial charge in [-0.15, -0.1) is 0 Å². The van der Waals surface area contributed by atoms with E-state index in [2.05, 4.69) is 6.92 Å². The van der Waals surface area contributed by atoms with Gasteiger partial charge in [-0.25, -0.2) is 0 Å². The Morgan fingerprint density at radius 2 is 2.25 bits per heavy atom. The van der Waals surface area contributed by atoms with Gasteiger partial charge in [0.15, 0.2) is 0 Å². The summed E-state index contributed by atoms with van der Waals surface area (Å²) in [4.78, 5) is 10.6. The molecule has 0 N–H and O–H groups in total. The number of hydrogen-bond acceptors (Lipinski definition) is 2. The normalized spacial score (nSPS) is 47.1. The first-order valence-electron chi connectivity index (χ1n) is 4.90. The summed E-state index contributed by atoms with van der Waals surface area (Å²) in [6.07, 6.45) is 6.54. The van der Waals surface area contributed by atoms with Crippen LogP contribution in [0.15, 0.2) is 0 Å². The van der Waals surface area contributed by atoms with Gasteiger partial charge in [-0.2, -0.15) is 0 Å². The lowest BCUT2D eigenvalue weighted by molar-refractivity contribution is -0.196. The first-order valence-corrected chi connectivity index (χ1v) is 4.90. The zero-order chi connectivity index (χ0) is 8.60. The highest BCUT2D eigenvalue weighted by Gasteiger charge is 2.47. The summed E-state index contributed by atoms with van der Waals surface area (Å²) in [6, 6.07) is 0. The fourth-order valence-electron chi connectivity index (χ4n) is 2.42. The number of hydrogen-bond donors (Lipinski definition) is 0. The number of rotatable bonds is 1. The molecule has 3 atom stereocenters. The van der Waals surface area contributed by atoms with Crippen LogP contribution in [0.3, 0.4) is 0 Å². The van der Waals surface area contributed by atoms with Gasteiger partial charge < -0.3 is 9.53 Å². The third-order valence-corrected chi connectivity index (χ3v) is 3.53. The molecule has 2 heteroatoms. The van der Waals surface area contributed by atoms with Crippen molar-refractivity contribution in [1.29, 1.82) is 0 Å². The van der Waals surface area contributed by atoms with E-state index in [0.29, 0.717) is 5.92 Å². The highest BCUT2D eigenvalue weighted by atomic mass is 16.5. The molecule has 0 amide bonds. The van der Waals surface area contributed by atoms with Gasteiger partial charge in [0.2, 0.25) is 0 Å². The molecule has 1 spiro atoms. The van der Waals surface area contributed by atoms with E-state index in [-0.39, 0.29) is 11.7 Å². The molecule has 2 rings (SSSR count). The predicted molar refractivity (Wildman–Crippen MR) is 45.9 cm³/mol. The molecule has 68 valence electrons. The topological polar surface area (TPSA) is 26.3 Å². The monoisotopic (exact) mass is 168 g/mol. The number of carbonyl (C=O) groups is 1. The molecule has 3 unspecified atom stereocenters. The number of carbonyl (C=O) groups excluding carboxylic acids is 1. The molecule has 0 bridgehead atoms. The van der Waals surface area contributed by atoms with E-state index >= 15 is 0 Å². The lowest BCUT2D eigenvalue weighted by atomic mass is 9.66. The molecule has 0 radical (unpaired) electrons. The van der Waals surface area contributed by atoms with E-state index in [9.17, 15) is 4.79 Å². The van der Waals surface area contributed by atoms with Crippen LogP contribution in [0.1, 0.15) is 39.0 Å². The lowest BCUT2D eigenvalue weighted by Crippen LogP contribution is -2.52. The van der Waals surface area contributed by atoms with Gasteiger partial charge in [0, 0.05) is 0 Å². The molecule has 2 fully saturated rings. The van der Waals surface area contributed by atoms with Crippen molar-refractivity contribution < 1.29 is 9.53 Å². The highest BCUT2D eigenvalue weighted by molar-refractivity contribution is 5.56. The van der Waals surface area contributed by atoms with Crippen LogP contribution < -0.4 is 0 Å². The van der Waals surface area contributed by atoms with Gasteiger partial charge in [0.05, 0.1) is 5.60 Å². The van der Waals surface area contributed by atoms with E-state index in [0.717, 1.165) is 19.1 Å². The van der Waals surface area contributed by atoms with Gasteiger partial charge in [0.1, 0.15) is 12.4 Å². The SMILES string of the molecule is CC1CCC12CCCC(C=O)O2. The fraction of sp³-hybridized carbons (Fsp3) is 0.900. The Labute approximate surface area is 73.3 Å². The van der Waals surface area contributed by atoms with Crippen molar-refractivity contribution in [1.82, 2.24) is 0 Å². The van der Waals surface area contributed by atoms with Crippen LogP contribution in [0.4, 0.5) is 0 Å². The zero-order valence-electron chi connectivity index (χ0n) is 7.58. The van der Waals surface area contributed by atoms with Crippen LogP contribution in [0.5, 0.6) is 0 Å². The Balaban J connectivity index is 2.02. The average molecular weight is 168 g/mol. The van der Waals surface area contributed by atoms with E-state index in [1.807, 2.05) is 0 Å². The van der Waals surface area contributed by atoms with Crippen molar-refractivity contribution in [2.24, 2.45) is 5.92 Å². The molecule has 1 aliphatic heterocycles. The summed E-state index contributed by atoms with van der Waals surface area (Å²) < 4.78 is 5.80. The van der Waals surface area contributed by atoms with Crippen LogP contribution in [-0.4, -0.2) is 18.0 Å². The zero-order valence-corrected chi connectivity index (χ0v) is 7.58. The van der Waals surface area contributed by atoms with Crippen LogP contribution in [-0.2, 0) is 9.53 Å². The van der Waals surface area contributed by atoms with E-state index in [1.165, 1.54) is 19.3 Å². The van der Waals surface area contributed by atoms with Crippen molar-refractivity contribution in [2.75, 3.05) is 0 Å². The first-order chi connectivity index (χ1) is 5.77. The Morgan fingerprint density at radius 1 is 1.42 bits per heavy atom. The van der Waals surface area contributed by atoms with E-state index in [4.69, 9.17) is 4.74 Å². The van der Waals surface area contributed by atoms with Crippen LogP contribution >= 0.6 is 0 Å². The minimum absolute atomic E-state index is 0.101. The van der Waals surface area contributed by atoms with Gasteiger partial charge in [0.25, 0.3) is 0 Å². The Kier molecular flexibility index (Phi) is 1.95. The molecule has 12 heavy (non-hydrogen) atoms. The molecular formula is C10H16O2. The molecule has 0 aromatic carbocycles. The second kappa shape index (κ2) is 2.84. The largest absolute Gasteiger partial charge is 0.364 e. The predicted octanol–water partition coefficient (Wildman–Crippen LogP) is 1.92. The van der Waals surface area contributed by atoms with Crippen molar-refractivity contribution in [3.05, 3.63) is 0 Å². The molecule has 1 aliphatic carbocycles. The highest BCUT2D eigenvalue weighted by Crippen LogP contribution is 2.48.